The van der Waals surface area contributed by atoms with Crippen molar-refractivity contribution in [3.05, 3.63) is 194 Å². The van der Waals surface area contributed by atoms with E-state index >= 15 is 0 Å². The number of aldehydes is 1. The number of benzene rings is 8. The molecule has 0 unspecified atom stereocenters. The molecule has 10 heterocycles. The Labute approximate surface area is 482 Å². The van der Waals surface area contributed by atoms with Crippen molar-refractivity contribution in [3.63, 3.8) is 0 Å². The molecule has 0 saturated heterocycles. The molecule has 404 valence electrons. The van der Waals surface area contributed by atoms with Crippen LogP contribution in [0.1, 0.15) is 20.8 Å². The zero-order chi connectivity index (χ0) is 57.1. The highest BCUT2D eigenvalue weighted by Crippen LogP contribution is 2.39. The quantitative estimate of drug-likeness (QED) is 0.104. The Kier molecular flexibility index (Phi) is 12.2. The molecule has 14 aromatic rings. The number of hydrogen-bond acceptors (Lipinski definition) is 13. The van der Waals surface area contributed by atoms with E-state index in [1.54, 1.807) is 0 Å². The second kappa shape index (κ2) is 20.6. The van der Waals surface area contributed by atoms with Crippen molar-refractivity contribution in [2.24, 2.45) is 0 Å². The van der Waals surface area contributed by atoms with Crippen molar-refractivity contribution in [2.45, 2.75) is 20.8 Å². The van der Waals surface area contributed by atoms with Gasteiger partial charge in [0.2, 0.25) is 0 Å². The van der Waals surface area contributed by atoms with Gasteiger partial charge in [0.25, 0.3) is 0 Å². The number of aromatic nitrogens is 16. The molecule has 4 N–H and O–H groups in total. The van der Waals surface area contributed by atoms with Gasteiger partial charge >= 0.3 is 0 Å². The summed E-state index contributed by atoms with van der Waals surface area (Å²) in [6.07, 6.45) is 0.750. The van der Waals surface area contributed by atoms with Crippen molar-refractivity contribution in [1.29, 1.82) is 0 Å². The number of H-pyrrole nitrogens is 4. The lowest BCUT2D eigenvalue weighted by molar-refractivity contribution is -0.106. The molecule has 0 spiro atoms. The number of fused-ring (bicyclic) bond motifs is 40. The Balaban J connectivity index is 0.000000134. The second-order valence-corrected chi connectivity index (χ2v) is 19.8. The van der Waals surface area contributed by atoms with Crippen LogP contribution in [-0.4, -0.2) is 86.0 Å². The Morgan fingerprint density at radius 1 is 0.224 bits per heavy atom. The maximum atomic E-state index is 8.81. The summed E-state index contributed by atoms with van der Waals surface area (Å²) in [5.74, 6) is 4.78. The highest BCUT2D eigenvalue weighted by atomic mass is 16.1. The van der Waals surface area contributed by atoms with E-state index in [1.807, 2.05) is 208 Å². The molecule has 4 aliphatic heterocycles. The zero-order valence-corrected chi connectivity index (χ0v) is 45.8. The topological polar surface area (TPSA) is 235 Å². The fourth-order valence-corrected chi connectivity index (χ4v) is 11.2. The van der Waals surface area contributed by atoms with Gasteiger partial charge in [-0.3, -0.25) is 0 Å². The third kappa shape index (κ3) is 8.52. The fourth-order valence-electron chi connectivity index (χ4n) is 11.2. The molecule has 4 aliphatic rings. The first-order valence-corrected chi connectivity index (χ1v) is 27.8. The summed E-state index contributed by atoms with van der Waals surface area (Å²) in [6.45, 7) is 5.44. The molecule has 0 radical (unpaired) electrons. The van der Waals surface area contributed by atoms with Crippen LogP contribution < -0.4 is 0 Å². The Morgan fingerprint density at radius 2 is 0.341 bits per heavy atom. The average Bonchev–Trinajstić information content (AvgIpc) is 3.19. The van der Waals surface area contributed by atoms with Crippen LogP contribution >= 0.6 is 0 Å². The predicted octanol–water partition coefficient (Wildman–Crippen LogP) is 15.0. The van der Waals surface area contributed by atoms with Crippen LogP contribution in [0.25, 0.3) is 179 Å². The van der Waals surface area contributed by atoms with Gasteiger partial charge in [0.1, 0.15) is 51.5 Å². The lowest BCUT2D eigenvalue weighted by Gasteiger charge is -1.96. The van der Waals surface area contributed by atoms with Crippen molar-refractivity contribution >= 4 is 94.6 Å². The van der Waals surface area contributed by atoms with Gasteiger partial charge in [-0.1, -0.05) is 208 Å². The molecule has 17 nitrogen and oxygen atoms in total. The van der Waals surface area contributed by atoms with E-state index in [1.165, 1.54) is 6.92 Å². The van der Waals surface area contributed by atoms with Crippen LogP contribution in [0.5, 0.6) is 0 Å². The van der Waals surface area contributed by atoms with Gasteiger partial charge in [0.15, 0.2) is 46.6 Å². The minimum Gasteiger partial charge on any atom is -0.324 e. The molecular weight excluding hydrogens is 1060 g/mol. The molecule has 16 bridgehead atoms. The minimum absolute atomic E-state index is 0.597. The highest BCUT2D eigenvalue weighted by Gasteiger charge is 2.24. The predicted molar refractivity (Wildman–Crippen MR) is 335 cm³/mol. The standard InChI is InChI=1S/2C32H18N8.C2H4O.C2H6/c2*1-2-10-18-17(9-1)25-33-26(18)38-28-21-13-5-6-14-22(21)30(35-28)40-32-24-16-8-7-15-23(24)31(36-32)39-29-20-12-4-3-11-19(20)27(34-29)37-25;1-2-3;1-2/h2*1-16H,(H2,33,34,35,36,37,38,39,40);2H,1H3;1-2H3. The van der Waals surface area contributed by atoms with Gasteiger partial charge in [-0.2, -0.15) is 0 Å². The number of hydrogen-bond donors (Lipinski definition) is 4. The summed E-state index contributed by atoms with van der Waals surface area (Å²) in [5, 5.41) is 7.64. The molecule has 8 aromatic carbocycles. The molecule has 6 aromatic heterocycles. The van der Waals surface area contributed by atoms with E-state index < -0.39 is 0 Å². The first-order chi connectivity index (χ1) is 42.0. The Hall–Kier alpha value is -11.9. The lowest BCUT2D eigenvalue weighted by atomic mass is 10.1. The van der Waals surface area contributed by atoms with Crippen LogP contribution in [0.2, 0.25) is 0 Å². The zero-order valence-electron chi connectivity index (χ0n) is 45.8. The second-order valence-electron chi connectivity index (χ2n) is 19.8. The van der Waals surface area contributed by atoms with E-state index in [0.29, 0.717) is 91.8 Å². The van der Waals surface area contributed by atoms with Crippen molar-refractivity contribution in [3.8, 4) is 91.1 Å². The lowest BCUT2D eigenvalue weighted by Crippen LogP contribution is -1.83. The van der Waals surface area contributed by atoms with Crippen LogP contribution in [0.4, 0.5) is 0 Å². The molecule has 18 rings (SSSR count). The van der Waals surface area contributed by atoms with Crippen LogP contribution in [0.3, 0.4) is 0 Å². The fraction of sp³-hybridized carbons (Fsp3) is 0.0441. The highest BCUT2D eigenvalue weighted by molar-refractivity contribution is 6.08. The number of nitrogens with zero attached hydrogens (tertiary/aromatic N) is 12. The monoisotopic (exact) mass is 1100 g/mol. The smallest absolute Gasteiger partial charge is 0.164 e. The molecule has 0 aliphatic carbocycles. The van der Waals surface area contributed by atoms with Gasteiger partial charge < -0.3 is 24.7 Å². The average molecular weight is 1100 g/mol. The number of carbonyl (C=O) groups is 1. The number of carbonyl (C=O) groups excluding carboxylic acids is 1. The summed E-state index contributed by atoms with van der Waals surface area (Å²) in [4.78, 5) is 82.3. The summed E-state index contributed by atoms with van der Waals surface area (Å²) in [6, 6.07) is 64.5. The first-order valence-electron chi connectivity index (χ1n) is 27.8. The van der Waals surface area contributed by atoms with Crippen LogP contribution in [0, 0.1) is 0 Å². The third-order valence-electron chi connectivity index (χ3n) is 14.9. The van der Waals surface area contributed by atoms with Gasteiger partial charge in [-0.05, 0) is 6.92 Å². The normalized spacial score (nSPS) is 11.5. The molecule has 0 atom stereocenters. The van der Waals surface area contributed by atoms with Crippen molar-refractivity contribution in [2.75, 3.05) is 0 Å². The van der Waals surface area contributed by atoms with Crippen LogP contribution in [-0.2, 0) is 4.79 Å². The number of rotatable bonds is 0. The Bertz CT molecular complexity index is 4450. The molecule has 0 fully saturated rings. The minimum atomic E-state index is 0.597. The maximum absolute atomic E-state index is 8.81. The van der Waals surface area contributed by atoms with E-state index in [4.69, 9.17) is 64.6 Å². The van der Waals surface area contributed by atoms with Crippen molar-refractivity contribution < 1.29 is 4.79 Å². The number of aromatic amines is 4. The van der Waals surface area contributed by atoms with E-state index in [-0.39, 0.29) is 0 Å². The molecule has 0 saturated carbocycles. The van der Waals surface area contributed by atoms with Gasteiger partial charge in [-0.15, -0.1) is 0 Å². The Morgan fingerprint density at radius 3 is 0.471 bits per heavy atom. The summed E-state index contributed by atoms with van der Waals surface area (Å²) in [7, 11) is 0. The van der Waals surface area contributed by atoms with Crippen molar-refractivity contribution in [1.82, 2.24) is 79.7 Å². The molecular formula is C68H46N16O. The van der Waals surface area contributed by atoms with E-state index in [9.17, 15) is 0 Å². The van der Waals surface area contributed by atoms with Gasteiger partial charge in [-0.25, -0.2) is 59.8 Å². The first kappa shape index (κ1) is 50.1. The number of nitrogens with one attached hydrogen (secondary N) is 4. The SMILES string of the molecule is CC.CC=O.c1ccc2c(c1)-c1nc-2nc2[nH]c(nc3nc(nc4[nH]c(n1)c1ccccc41)-c1ccccc1-3)c1ccccc21.c1ccc2c(c1)-c1nc-2nc2[nH]c(nc3nc(nc4[nH]c(n1)c1ccccc41)-c1ccccc1-3)c1ccccc21. The van der Waals surface area contributed by atoms with E-state index in [2.05, 4.69) is 19.9 Å². The van der Waals surface area contributed by atoms with Crippen LogP contribution in [0.15, 0.2) is 194 Å². The maximum Gasteiger partial charge on any atom is 0.164 e. The van der Waals surface area contributed by atoms with Gasteiger partial charge in [0.05, 0.1) is 0 Å². The van der Waals surface area contributed by atoms with Gasteiger partial charge in [0, 0.05) is 87.6 Å². The summed E-state index contributed by atoms with van der Waals surface area (Å²) >= 11 is 0. The van der Waals surface area contributed by atoms with E-state index in [0.717, 1.165) is 93.9 Å². The third-order valence-corrected chi connectivity index (χ3v) is 14.9. The largest absolute Gasteiger partial charge is 0.324 e. The summed E-state index contributed by atoms with van der Waals surface area (Å²) in [5.41, 5.74) is 12.9. The molecule has 0 amide bonds. The molecule has 17 heteroatoms. The molecule has 85 heavy (non-hydrogen) atoms. The summed E-state index contributed by atoms with van der Waals surface area (Å²) < 4.78 is 0.